The van der Waals surface area contributed by atoms with Crippen LogP contribution in [-0.4, -0.2) is 22.0 Å². The number of hydrogen-bond donors (Lipinski definition) is 1. The van der Waals surface area contributed by atoms with Crippen LogP contribution in [0.25, 0.3) is 0 Å². The van der Waals surface area contributed by atoms with E-state index in [1.54, 1.807) is 4.68 Å². The summed E-state index contributed by atoms with van der Waals surface area (Å²) in [6, 6.07) is 1.91. The quantitative estimate of drug-likeness (QED) is 0.858. The Bertz CT molecular complexity index is 365. The molecule has 0 amide bonds. The summed E-state index contributed by atoms with van der Waals surface area (Å²) in [7, 11) is 1.84. The summed E-state index contributed by atoms with van der Waals surface area (Å²) in [4.78, 5) is 0. The molecule has 0 saturated carbocycles. The summed E-state index contributed by atoms with van der Waals surface area (Å²) in [5.74, 6) is 0. The first kappa shape index (κ1) is 13.2. The lowest BCUT2D eigenvalue weighted by Crippen LogP contribution is -2.47. The third-order valence-corrected chi connectivity index (χ3v) is 3.23. The van der Waals surface area contributed by atoms with E-state index in [9.17, 15) is 4.39 Å². The average molecular weight is 227 g/mol. The van der Waals surface area contributed by atoms with Crippen LogP contribution >= 0.6 is 0 Å². The van der Waals surface area contributed by atoms with Gasteiger partial charge >= 0.3 is 0 Å². The minimum Gasteiger partial charge on any atom is -0.327 e. The smallest absolute Gasteiger partial charge is 0.133 e. The first-order chi connectivity index (χ1) is 7.19. The van der Waals surface area contributed by atoms with Crippen LogP contribution in [0.15, 0.2) is 6.07 Å². The number of halogens is 1. The van der Waals surface area contributed by atoms with Crippen LogP contribution in [0.2, 0.25) is 0 Å². The molecule has 4 heteroatoms. The van der Waals surface area contributed by atoms with Crippen molar-refractivity contribution in [2.24, 2.45) is 18.2 Å². The lowest BCUT2D eigenvalue weighted by atomic mass is 9.75. The SMILES string of the molecule is Cc1cc(CC(F)(CN)C(C)(C)C)n(C)n1. The van der Waals surface area contributed by atoms with Gasteiger partial charge in [-0.25, -0.2) is 4.39 Å². The van der Waals surface area contributed by atoms with Crippen LogP contribution in [0, 0.1) is 12.3 Å². The molecule has 1 aromatic rings. The molecular formula is C12H22FN3. The summed E-state index contributed by atoms with van der Waals surface area (Å²) in [6.45, 7) is 7.57. The molecule has 0 radical (unpaired) electrons. The molecular weight excluding hydrogens is 205 g/mol. The highest BCUT2D eigenvalue weighted by atomic mass is 19.1. The molecule has 0 fully saturated rings. The van der Waals surface area contributed by atoms with Crippen molar-refractivity contribution in [2.75, 3.05) is 6.54 Å². The van der Waals surface area contributed by atoms with E-state index in [4.69, 9.17) is 5.73 Å². The topological polar surface area (TPSA) is 43.8 Å². The Balaban J connectivity index is 2.98. The van der Waals surface area contributed by atoms with Crippen molar-refractivity contribution in [1.29, 1.82) is 0 Å². The minimum absolute atomic E-state index is 0.0285. The Labute approximate surface area is 96.8 Å². The average Bonchev–Trinajstić information content (AvgIpc) is 2.43. The number of hydrogen-bond acceptors (Lipinski definition) is 2. The molecule has 0 saturated heterocycles. The molecule has 0 aliphatic heterocycles. The third-order valence-electron chi connectivity index (χ3n) is 3.23. The van der Waals surface area contributed by atoms with E-state index in [0.29, 0.717) is 6.42 Å². The fourth-order valence-corrected chi connectivity index (χ4v) is 1.76. The standard InChI is InChI=1S/C12H22FN3/c1-9-6-10(16(5)15-9)7-12(13,8-14)11(2,3)4/h6H,7-8,14H2,1-5H3. The van der Waals surface area contributed by atoms with Gasteiger partial charge in [-0.3, -0.25) is 4.68 Å². The van der Waals surface area contributed by atoms with Crippen molar-refractivity contribution in [3.63, 3.8) is 0 Å². The van der Waals surface area contributed by atoms with Crippen molar-refractivity contribution >= 4 is 0 Å². The number of nitrogens with two attached hydrogens (primary N) is 1. The summed E-state index contributed by atoms with van der Waals surface area (Å²) >= 11 is 0. The Morgan fingerprint density at radius 1 is 1.44 bits per heavy atom. The van der Waals surface area contributed by atoms with Crippen LogP contribution in [0.5, 0.6) is 0 Å². The van der Waals surface area contributed by atoms with E-state index < -0.39 is 11.1 Å². The predicted octanol–water partition coefficient (Wildman–Crippen LogP) is 1.98. The molecule has 0 aliphatic carbocycles. The maximum Gasteiger partial charge on any atom is 0.133 e. The fourth-order valence-electron chi connectivity index (χ4n) is 1.76. The Kier molecular flexibility index (Phi) is 3.43. The monoisotopic (exact) mass is 227 g/mol. The maximum atomic E-state index is 14.7. The number of alkyl halides is 1. The van der Waals surface area contributed by atoms with Crippen LogP contribution in [-0.2, 0) is 13.5 Å². The third kappa shape index (κ3) is 2.43. The van der Waals surface area contributed by atoms with Gasteiger partial charge in [0.15, 0.2) is 0 Å². The van der Waals surface area contributed by atoms with Crippen molar-refractivity contribution in [3.8, 4) is 0 Å². The fraction of sp³-hybridized carbons (Fsp3) is 0.750. The summed E-state index contributed by atoms with van der Waals surface area (Å²) in [5, 5.41) is 4.22. The molecule has 0 bridgehead atoms. The Hall–Kier alpha value is -0.900. The second-order valence-corrected chi connectivity index (χ2v) is 5.50. The molecule has 1 aromatic heterocycles. The summed E-state index contributed by atoms with van der Waals surface area (Å²) < 4.78 is 16.5. The largest absolute Gasteiger partial charge is 0.327 e. The van der Waals surface area contributed by atoms with Gasteiger partial charge in [0.05, 0.1) is 5.69 Å². The van der Waals surface area contributed by atoms with Gasteiger partial charge in [0, 0.05) is 25.7 Å². The van der Waals surface area contributed by atoms with Gasteiger partial charge in [0.25, 0.3) is 0 Å². The zero-order chi connectivity index (χ0) is 12.6. The molecule has 1 atom stereocenters. The lowest BCUT2D eigenvalue weighted by molar-refractivity contribution is 0.0364. The lowest BCUT2D eigenvalue weighted by Gasteiger charge is -2.36. The first-order valence-corrected chi connectivity index (χ1v) is 5.58. The van der Waals surface area contributed by atoms with Crippen LogP contribution in [0.3, 0.4) is 0 Å². The predicted molar refractivity (Wildman–Crippen MR) is 64.0 cm³/mol. The molecule has 1 rings (SSSR count). The molecule has 16 heavy (non-hydrogen) atoms. The van der Waals surface area contributed by atoms with Crippen molar-refractivity contribution in [2.45, 2.75) is 39.8 Å². The molecule has 0 spiro atoms. The van der Waals surface area contributed by atoms with E-state index >= 15 is 0 Å². The molecule has 1 heterocycles. The van der Waals surface area contributed by atoms with Crippen LogP contribution in [0.1, 0.15) is 32.2 Å². The Morgan fingerprint density at radius 3 is 2.31 bits per heavy atom. The zero-order valence-electron chi connectivity index (χ0n) is 10.8. The van der Waals surface area contributed by atoms with Crippen molar-refractivity contribution in [1.82, 2.24) is 9.78 Å². The van der Waals surface area contributed by atoms with E-state index in [-0.39, 0.29) is 6.54 Å². The Morgan fingerprint density at radius 2 is 2.00 bits per heavy atom. The van der Waals surface area contributed by atoms with Gasteiger partial charge in [0.1, 0.15) is 5.67 Å². The number of aryl methyl sites for hydroxylation is 2. The van der Waals surface area contributed by atoms with Gasteiger partial charge in [-0.15, -0.1) is 0 Å². The zero-order valence-corrected chi connectivity index (χ0v) is 10.8. The molecule has 2 N–H and O–H groups in total. The molecule has 1 unspecified atom stereocenters. The molecule has 92 valence electrons. The highest BCUT2D eigenvalue weighted by Gasteiger charge is 2.41. The van der Waals surface area contributed by atoms with Gasteiger partial charge in [-0.05, 0) is 18.4 Å². The van der Waals surface area contributed by atoms with Crippen LogP contribution in [0.4, 0.5) is 4.39 Å². The number of aromatic nitrogens is 2. The normalized spacial score (nSPS) is 16.2. The second-order valence-electron chi connectivity index (χ2n) is 5.50. The highest BCUT2D eigenvalue weighted by molar-refractivity contribution is 5.13. The van der Waals surface area contributed by atoms with Gasteiger partial charge < -0.3 is 5.73 Å². The first-order valence-electron chi connectivity index (χ1n) is 5.58. The molecule has 0 aliphatic rings. The van der Waals surface area contributed by atoms with Gasteiger partial charge in [-0.1, -0.05) is 20.8 Å². The number of rotatable bonds is 3. The van der Waals surface area contributed by atoms with E-state index in [1.165, 1.54) is 0 Å². The minimum atomic E-state index is -1.40. The van der Waals surface area contributed by atoms with Crippen LogP contribution < -0.4 is 5.73 Å². The second kappa shape index (κ2) is 4.17. The van der Waals surface area contributed by atoms with Crippen molar-refractivity contribution in [3.05, 3.63) is 17.5 Å². The number of nitrogens with zero attached hydrogens (tertiary/aromatic N) is 2. The molecule has 0 aromatic carbocycles. The summed E-state index contributed by atoms with van der Waals surface area (Å²) in [6.07, 6.45) is 0.310. The van der Waals surface area contributed by atoms with E-state index in [1.807, 2.05) is 40.8 Å². The van der Waals surface area contributed by atoms with Gasteiger partial charge in [0.2, 0.25) is 0 Å². The summed E-state index contributed by atoms with van der Waals surface area (Å²) in [5.41, 5.74) is 5.52. The maximum absolute atomic E-state index is 14.7. The highest BCUT2D eigenvalue weighted by Crippen LogP contribution is 2.36. The van der Waals surface area contributed by atoms with E-state index in [2.05, 4.69) is 5.10 Å². The van der Waals surface area contributed by atoms with Crippen molar-refractivity contribution < 1.29 is 4.39 Å². The van der Waals surface area contributed by atoms with E-state index in [0.717, 1.165) is 11.4 Å². The van der Waals surface area contributed by atoms with Gasteiger partial charge in [-0.2, -0.15) is 5.10 Å². The molecule has 3 nitrogen and oxygen atoms in total.